The molecule has 0 saturated carbocycles. The lowest BCUT2D eigenvalue weighted by Crippen LogP contribution is -1.77. The van der Waals surface area contributed by atoms with Crippen LogP contribution < -0.4 is 0 Å². The van der Waals surface area contributed by atoms with E-state index in [1.165, 1.54) is 0 Å². The number of hydrogen-bond donors (Lipinski definition) is 0. The Labute approximate surface area is 74.4 Å². The number of hydrogen-bond acceptors (Lipinski definition) is 2. The lowest BCUT2D eigenvalue weighted by Gasteiger charge is -1.88. The molecule has 0 saturated heterocycles. The van der Waals surface area contributed by atoms with Crippen LogP contribution in [0.2, 0.25) is 0 Å². The summed E-state index contributed by atoms with van der Waals surface area (Å²) in [6, 6.07) is 0. The van der Waals surface area contributed by atoms with Gasteiger partial charge in [0.2, 0.25) is 0 Å². The maximum atomic E-state index is 3.85. The number of rotatable bonds is 4. The van der Waals surface area contributed by atoms with Crippen LogP contribution in [0.25, 0.3) is 0 Å². The highest BCUT2D eigenvalue weighted by Gasteiger charge is 1.81. The first kappa shape index (κ1) is 10.8. The second-order valence-corrected chi connectivity index (χ2v) is 2.69. The Hall–Kier alpha value is -1.18. The highest BCUT2D eigenvalue weighted by molar-refractivity contribution is 5.78. The van der Waals surface area contributed by atoms with Crippen molar-refractivity contribution in [3.8, 4) is 0 Å². The van der Waals surface area contributed by atoms with Crippen molar-refractivity contribution in [3.63, 3.8) is 0 Å². The minimum Gasteiger partial charge on any atom is -0.164 e. The summed E-state index contributed by atoms with van der Waals surface area (Å²) in [6.07, 6.45) is 6.37. The van der Waals surface area contributed by atoms with Crippen molar-refractivity contribution in [2.24, 2.45) is 10.2 Å². The SMILES string of the molecule is C=C(C)/C=C(C)/C=N\N=C/CC. The quantitative estimate of drug-likeness (QED) is 0.347. The molecular weight excluding hydrogens is 148 g/mol. The molecule has 0 fully saturated rings. The zero-order valence-electron chi connectivity index (χ0n) is 8.04. The first-order valence-corrected chi connectivity index (χ1v) is 4.05. The highest BCUT2D eigenvalue weighted by Crippen LogP contribution is 1.95. The zero-order chi connectivity index (χ0) is 9.40. The van der Waals surface area contributed by atoms with Crippen molar-refractivity contribution in [3.05, 3.63) is 23.8 Å². The lowest BCUT2D eigenvalue weighted by molar-refractivity contribution is 1.21. The average Bonchev–Trinajstić information content (AvgIpc) is 1.97. The van der Waals surface area contributed by atoms with Gasteiger partial charge in [-0.05, 0) is 25.8 Å². The molecule has 0 bridgehead atoms. The van der Waals surface area contributed by atoms with Crippen molar-refractivity contribution >= 4 is 12.4 Å². The molecule has 0 N–H and O–H groups in total. The molecule has 12 heavy (non-hydrogen) atoms. The molecule has 0 atom stereocenters. The fourth-order valence-electron chi connectivity index (χ4n) is 0.679. The average molecular weight is 164 g/mol. The monoisotopic (exact) mass is 164 g/mol. The fraction of sp³-hybridized carbons (Fsp3) is 0.400. The van der Waals surface area contributed by atoms with E-state index in [2.05, 4.69) is 16.8 Å². The van der Waals surface area contributed by atoms with E-state index in [1.54, 1.807) is 12.4 Å². The molecule has 0 unspecified atom stereocenters. The Morgan fingerprint density at radius 3 is 2.50 bits per heavy atom. The topological polar surface area (TPSA) is 24.7 Å². The van der Waals surface area contributed by atoms with E-state index < -0.39 is 0 Å². The molecule has 0 aliphatic heterocycles. The van der Waals surface area contributed by atoms with E-state index in [0.29, 0.717) is 0 Å². The van der Waals surface area contributed by atoms with E-state index in [0.717, 1.165) is 17.6 Å². The Kier molecular flexibility index (Phi) is 5.88. The predicted octanol–water partition coefficient (Wildman–Crippen LogP) is 2.98. The molecule has 0 rings (SSSR count). The van der Waals surface area contributed by atoms with Gasteiger partial charge in [0.1, 0.15) is 0 Å². The van der Waals surface area contributed by atoms with E-state index >= 15 is 0 Å². The Balaban J connectivity index is 3.99. The van der Waals surface area contributed by atoms with Gasteiger partial charge >= 0.3 is 0 Å². The number of nitrogens with zero attached hydrogens (tertiary/aromatic N) is 2. The smallest absolute Gasteiger partial charge is 0.0524 e. The molecule has 0 aliphatic carbocycles. The van der Waals surface area contributed by atoms with E-state index in [1.807, 2.05) is 26.8 Å². The van der Waals surface area contributed by atoms with Crippen LogP contribution in [-0.4, -0.2) is 12.4 Å². The van der Waals surface area contributed by atoms with Gasteiger partial charge in [0, 0.05) is 6.21 Å². The minimum absolute atomic E-state index is 0.917. The van der Waals surface area contributed by atoms with Gasteiger partial charge < -0.3 is 0 Å². The van der Waals surface area contributed by atoms with Crippen LogP contribution in [0.15, 0.2) is 34.0 Å². The Morgan fingerprint density at radius 2 is 2.00 bits per heavy atom. The summed E-state index contributed by atoms with van der Waals surface area (Å²) >= 11 is 0. The Bertz CT molecular complexity index is 222. The lowest BCUT2D eigenvalue weighted by atomic mass is 10.2. The largest absolute Gasteiger partial charge is 0.164 e. The molecular formula is C10H16N2. The maximum Gasteiger partial charge on any atom is 0.0524 e. The number of allylic oxidation sites excluding steroid dienone is 3. The first-order valence-electron chi connectivity index (χ1n) is 4.05. The van der Waals surface area contributed by atoms with E-state index in [-0.39, 0.29) is 0 Å². The van der Waals surface area contributed by atoms with E-state index in [9.17, 15) is 0 Å². The summed E-state index contributed by atoms with van der Waals surface area (Å²) in [5.41, 5.74) is 2.09. The van der Waals surface area contributed by atoms with Crippen molar-refractivity contribution < 1.29 is 0 Å². The summed E-state index contributed by atoms with van der Waals surface area (Å²) in [4.78, 5) is 0. The molecule has 0 amide bonds. The fourth-order valence-corrected chi connectivity index (χ4v) is 0.679. The minimum atomic E-state index is 0.917. The molecule has 0 aromatic heterocycles. The molecule has 0 aromatic carbocycles. The molecule has 0 aliphatic rings. The summed E-state index contributed by atoms with van der Waals surface area (Å²) in [5.74, 6) is 0. The standard InChI is InChI=1S/C10H16N2/c1-5-6-11-12-8-10(4)7-9(2)3/h6-8H,2,5H2,1,3-4H3/b10-7+,11-6-,12-8-. The third-order valence-corrected chi connectivity index (χ3v) is 1.07. The summed E-state index contributed by atoms with van der Waals surface area (Å²) in [6.45, 7) is 9.71. The van der Waals surface area contributed by atoms with Crippen LogP contribution in [-0.2, 0) is 0 Å². The van der Waals surface area contributed by atoms with Gasteiger partial charge in [0.15, 0.2) is 0 Å². The predicted molar refractivity (Wildman–Crippen MR) is 55.8 cm³/mol. The van der Waals surface area contributed by atoms with Crippen LogP contribution in [0.5, 0.6) is 0 Å². The van der Waals surface area contributed by atoms with E-state index in [4.69, 9.17) is 0 Å². The van der Waals surface area contributed by atoms with Crippen LogP contribution in [0.4, 0.5) is 0 Å². The summed E-state index contributed by atoms with van der Waals surface area (Å²) in [7, 11) is 0. The first-order chi connectivity index (χ1) is 5.66. The van der Waals surface area contributed by atoms with Gasteiger partial charge in [-0.15, -0.1) is 0 Å². The Morgan fingerprint density at radius 1 is 1.33 bits per heavy atom. The van der Waals surface area contributed by atoms with Crippen LogP contribution in [0.1, 0.15) is 27.2 Å². The van der Waals surface area contributed by atoms with Crippen molar-refractivity contribution in [1.29, 1.82) is 0 Å². The highest BCUT2D eigenvalue weighted by atomic mass is 15.2. The van der Waals surface area contributed by atoms with Crippen molar-refractivity contribution in [2.45, 2.75) is 27.2 Å². The summed E-state index contributed by atoms with van der Waals surface area (Å²) in [5, 5.41) is 7.66. The maximum absolute atomic E-state index is 3.85. The van der Waals surface area contributed by atoms with Gasteiger partial charge in [0.25, 0.3) is 0 Å². The molecule has 2 heteroatoms. The molecule has 0 heterocycles. The molecule has 66 valence electrons. The van der Waals surface area contributed by atoms with Gasteiger partial charge in [-0.3, -0.25) is 0 Å². The second-order valence-electron chi connectivity index (χ2n) is 2.69. The van der Waals surface area contributed by atoms with Crippen LogP contribution in [0, 0.1) is 0 Å². The molecule has 0 radical (unpaired) electrons. The third-order valence-electron chi connectivity index (χ3n) is 1.07. The van der Waals surface area contributed by atoms with Gasteiger partial charge in [0.05, 0.1) is 6.21 Å². The second kappa shape index (κ2) is 6.53. The van der Waals surface area contributed by atoms with Crippen molar-refractivity contribution in [1.82, 2.24) is 0 Å². The molecule has 2 nitrogen and oxygen atoms in total. The summed E-state index contributed by atoms with van der Waals surface area (Å²) < 4.78 is 0. The normalized spacial score (nSPS) is 13.1. The van der Waals surface area contributed by atoms with Crippen LogP contribution >= 0.6 is 0 Å². The molecule has 0 aromatic rings. The molecule has 0 spiro atoms. The van der Waals surface area contributed by atoms with Gasteiger partial charge in [-0.25, -0.2) is 0 Å². The van der Waals surface area contributed by atoms with Crippen molar-refractivity contribution in [2.75, 3.05) is 0 Å². The third kappa shape index (κ3) is 6.93. The van der Waals surface area contributed by atoms with Gasteiger partial charge in [-0.1, -0.05) is 25.2 Å². The van der Waals surface area contributed by atoms with Crippen LogP contribution in [0.3, 0.4) is 0 Å². The van der Waals surface area contributed by atoms with Gasteiger partial charge in [-0.2, -0.15) is 10.2 Å². The zero-order valence-corrected chi connectivity index (χ0v) is 8.04.